The third kappa shape index (κ3) is 3.08. The fourth-order valence-corrected chi connectivity index (χ4v) is 4.00. The van der Waals surface area contributed by atoms with Gasteiger partial charge in [0.05, 0.1) is 11.1 Å². The number of hydrogen-bond donors (Lipinski definition) is 2. The predicted molar refractivity (Wildman–Crippen MR) is 118 cm³/mol. The van der Waals surface area contributed by atoms with Crippen molar-refractivity contribution in [1.29, 1.82) is 0 Å². The van der Waals surface area contributed by atoms with E-state index in [0.717, 1.165) is 59.5 Å². The first-order valence-electron chi connectivity index (χ1n) is 10.1. The first-order valence-corrected chi connectivity index (χ1v) is 10.1. The summed E-state index contributed by atoms with van der Waals surface area (Å²) in [6, 6.07) is 4.07. The molecule has 1 saturated heterocycles. The zero-order valence-electron chi connectivity index (χ0n) is 16.9. The number of likely N-dealkylation sites (N-methyl/N-ethyl adjacent to an activating group) is 1. The van der Waals surface area contributed by atoms with Crippen LogP contribution in [0.25, 0.3) is 44.8 Å². The summed E-state index contributed by atoms with van der Waals surface area (Å²) in [5.41, 5.74) is 5.94. The van der Waals surface area contributed by atoms with E-state index in [9.17, 15) is 0 Å². The van der Waals surface area contributed by atoms with Crippen LogP contribution in [0, 0.1) is 0 Å². The van der Waals surface area contributed by atoms with Gasteiger partial charge in [0.1, 0.15) is 17.5 Å². The molecule has 154 valence electrons. The number of pyridine rings is 2. The van der Waals surface area contributed by atoms with Crippen molar-refractivity contribution in [2.24, 2.45) is 0 Å². The Bertz CT molecular complexity index is 1370. The van der Waals surface area contributed by atoms with Gasteiger partial charge in [0, 0.05) is 62.1 Å². The smallest absolute Gasteiger partial charge is 0.161 e. The minimum atomic E-state index is 0.665. The van der Waals surface area contributed by atoms with Gasteiger partial charge in [0.25, 0.3) is 0 Å². The van der Waals surface area contributed by atoms with Crippen LogP contribution in [0.5, 0.6) is 0 Å². The van der Waals surface area contributed by atoms with E-state index in [2.05, 4.69) is 52.0 Å². The van der Waals surface area contributed by atoms with Crippen molar-refractivity contribution in [2.75, 3.05) is 38.1 Å². The van der Waals surface area contributed by atoms with E-state index < -0.39 is 0 Å². The molecular formula is C21H20N10. The topological polar surface area (TPSA) is 115 Å². The summed E-state index contributed by atoms with van der Waals surface area (Å²) >= 11 is 0. The molecule has 1 fully saturated rings. The lowest BCUT2D eigenvalue weighted by Crippen LogP contribution is -2.44. The van der Waals surface area contributed by atoms with Crippen LogP contribution in [0.4, 0.5) is 5.69 Å². The zero-order valence-corrected chi connectivity index (χ0v) is 16.9. The van der Waals surface area contributed by atoms with E-state index in [1.54, 1.807) is 18.6 Å². The lowest BCUT2D eigenvalue weighted by Gasteiger charge is -2.33. The number of imidazole rings is 1. The highest BCUT2D eigenvalue weighted by Crippen LogP contribution is 2.31. The van der Waals surface area contributed by atoms with Gasteiger partial charge in [-0.1, -0.05) is 0 Å². The molecular weight excluding hydrogens is 392 g/mol. The number of aromatic nitrogens is 8. The fraction of sp³-hybridized carbons (Fsp3) is 0.238. The van der Waals surface area contributed by atoms with E-state index >= 15 is 0 Å². The summed E-state index contributed by atoms with van der Waals surface area (Å²) < 4.78 is 0. The van der Waals surface area contributed by atoms with Crippen LogP contribution in [0.1, 0.15) is 0 Å². The normalized spacial score (nSPS) is 15.2. The van der Waals surface area contributed by atoms with Gasteiger partial charge < -0.3 is 14.8 Å². The Morgan fingerprint density at radius 1 is 0.935 bits per heavy atom. The van der Waals surface area contributed by atoms with Crippen LogP contribution in [0.15, 0.2) is 43.2 Å². The third-order valence-electron chi connectivity index (χ3n) is 5.74. The second-order valence-electron chi connectivity index (χ2n) is 7.72. The molecule has 0 aromatic carbocycles. The molecule has 0 amide bonds. The zero-order chi connectivity index (χ0) is 20.8. The lowest BCUT2D eigenvalue weighted by molar-refractivity contribution is 0.313. The van der Waals surface area contributed by atoms with Gasteiger partial charge in [0.15, 0.2) is 17.1 Å². The van der Waals surface area contributed by atoms with E-state index in [1.165, 1.54) is 6.33 Å². The summed E-state index contributed by atoms with van der Waals surface area (Å²) in [6.07, 6.45) is 8.66. The van der Waals surface area contributed by atoms with Gasteiger partial charge in [-0.25, -0.2) is 24.9 Å². The monoisotopic (exact) mass is 412 g/mol. The number of piperazine rings is 1. The predicted octanol–water partition coefficient (Wildman–Crippen LogP) is 2.10. The molecule has 1 aliphatic heterocycles. The minimum Gasteiger partial charge on any atom is -0.367 e. The van der Waals surface area contributed by atoms with Gasteiger partial charge in [-0.3, -0.25) is 5.10 Å². The molecule has 31 heavy (non-hydrogen) atoms. The van der Waals surface area contributed by atoms with Gasteiger partial charge in [-0.15, -0.1) is 0 Å². The average molecular weight is 412 g/mol. The average Bonchev–Trinajstić information content (AvgIpc) is 3.43. The van der Waals surface area contributed by atoms with Crippen molar-refractivity contribution in [3.63, 3.8) is 0 Å². The molecule has 0 spiro atoms. The Kier molecular flexibility index (Phi) is 4.10. The van der Waals surface area contributed by atoms with Gasteiger partial charge in [0.2, 0.25) is 0 Å². The van der Waals surface area contributed by atoms with E-state index in [4.69, 9.17) is 4.98 Å². The quantitative estimate of drug-likeness (QED) is 0.463. The Balaban J connectivity index is 1.44. The number of aromatic amines is 2. The molecule has 6 rings (SSSR count). The maximum absolute atomic E-state index is 4.89. The van der Waals surface area contributed by atoms with Crippen LogP contribution >= 0.6 is 0 Å². The van der Waals surface area contributed by atoms with E-state index in [0.29, 0.717) is 17.2 Å². The van der Waals surface area contributed by atoms with Crippen LogP contribution in [-0.2, 0) is 0 Å². The first-order chi connectivity index (χ1) is 15.3. The number of hydrogen-bond acceptors (Lipinski definition) is 8. The fourth-order valence-electron chi connectivity index (χ4n) is 4.00. The van der Waals surface area contributed by atoms with Crippen LogP contribution in [0.3, 0.4) is 0 Å². The first kappa shape index (κ1) is 17.9. The molecule has 6 heterocycles. The molecule has 2 N–H and O–H groups in total. The van der Waals surface area contributed by atoms with Crippen molar-refractivity contribution < 1.29 is 0 Å². The number of H-pyrrole nitrogens is 2. The molecule has 0 saturated carbocycles. The second-order valence-corrected chi connectivity index (χ2v) is 7.72. The minimum absolute atomic E-state index is 0.665. The maximum atomic E-state index is 4.89. The van der Waals surface area contributed by atoms with Crippen molar-refractivity contribution in [3.8, 4) is 22.6 Å². The van der Waals surface area contributed by atoms with Crippen molar-refractivity contribution in [3.05, 3.63) is 43.2 Å². The summed E-state index contributed by atoms with van der Waals surface area (Å²) in [4.78, 5) is 30.2. The molecule has 0 atom stereocenters. The summed E-state index contributed by atoms with van der Waals surface area (Å²) in [7, 11) is 2.15. The van der Waals surface area contributed by atoms with E-state index in [-0.39, 0.29) is 0 Å². The molecule has 0 bridgehead atoms. The van der Waals surface area contributed by atoms with Crippen molar-refractivity contribution in [1.82, 2.24) is 45.0 Å². The Morgan fingerprint density at radius 2 is 1.77 bits per heavy atom. The van der Waals surface area contributed by atoms with Gasteiger partial charge in [-0.2, -0.15) is 5.10 Å². The largest absolute Gasteiger partial charge is 0.367 e. The number of anilines is 1. The lowest BCUT2D eigenvalue weighted by atomic mass is 10.1. The molecule has 10 nitrogen and oxygen atoms in total. The summed E-state index contributed by atoms with van der Waals surface area (Å²) in [6.45, 7) is 4.00. The summed E-state index contributed by atoms with van der Waals surface area (Å²) in [5, 5.41) is 8.37. The van der Waals surface area contributed by atoms with E-state index in [1.807, 2.05) is 18.3 Å². The van der Waals surface area contributed by atoms with Gasteiger partial charge in [-0.05, 0) is 19.2 Å². The standard InChI is InChI=1S/C21H20N10/c1-30-4-6-31(7-5-30)16-2-3-24-20-18(16)26-21(27-20)17-15-8-13(11-25-19(15)29-28-17)14-9-22-12-23-10-14/h2-3,8-12H,4-7H2,1H3,(H,24,26,27)(H,25,28,29). The van der Waals surface area contributed by atoms with Crippen molar-refractivity contribution >= 4 is 27.9 Å². The Morgan fingerprint density at radius 3 is 2.61 bits per heavy atom. The number of nitrogens with one attached hydrogen (secondary N) is 2. The Hall–Kier alpha value is -3.92. The molecule has 10 heteroatoms. The highest BCUT2D eigenvalue weighted by Gasteiger charge is 2.20. The Labute approximate surface area is 177 Å². The van der Waals surface area contributed by atoms with Crippen molar-refractivity contribution in [2.45, 2.75) is 0 Å². The molecule has 5 aromatic rings. The van der Waals surface area contributed by atoms with Crippen LogP contribution < -0.4 is 4.90 Å². The highest BCUT2D eigenvalue weighted by molar-refractivity contribution is 5.95. The van der Waals surface area contributed by atoms with Crippen LogP contribution in [0.2, 0.25) is 0 Å². The molecule has 0 radical (unpaired) electrons. The molecule has 0 unspecified atom stereocenters. The molecule has 0 aliphatic carbocycles. The SMILES string of the molecule is CN1CCN(c2ccnc3[nH]c(-c4n[nH]c5ncc(-c6cncnc6)cc45)nc23)CC1. The maximum Gasteiger partial charge on any atom is 0.161 e. The molecule has 5 aromatic heterocycles. The highest BCUT2D eigenvalue weighted by atomic mass is 15.3. The van der Waals surface area contributed by atoms with Crippen LogP contribution in [-0.4, -0.2) is 78.2 Å². The number of fused-ring (bicyclic) bond motifs is 2. The number of rotatable bonds is 3. The van der Waals surface area contributed by atoms with Gasteiger partial charge >= 0.3 is 0 Å². The summed E-state index contributed by atoms with van der Waals surface area (Å²) in [5.74, 6) is 0.665. The molecule has 1 aliphatic rings. The number of nitrogens with zero attached hydrogens (tertiary/aromatic N) is 8. The second kappa shape index (κ2) is 7.10. The third-order valence-corrected chi connectivity index (χ3v) is 5.74.